The first kappa shape index (κ1) is 37.1. The van der Waals surface area contributed by atoms with E-state index >= 15 is 0 Å². The lowest BCUT2D eigenvalue weighted by Gasteiger charge is -2.33. The first-order valence-electron chi connectivity index (χ1n) is 20.9. The summed E-state index contributed by atoms with van der Waals surface area (Å²) in [6, 6.07) is 64.6. The third-order valence-corrected chi connectivity index (χ3v) is 11.7. The highest BCUT2D eigenvalue weighted by Crippen LogP contribution is 2.43. The van der Waals surface area contributed by atoms with Crippen molar-refractivity contribution in [1.29, 1.82) is 0 Å². The van der Waals surface area contributed by atoms with Gasteiger partial charge in [0, 0.05) is 41.7 Å². The number of hydrogen-bond donors (Lipinski definition) is 0. The van der Waals surface area contributed by atoms with Crippen molar-refractivity contribution in [1.82, 2.24) is 9.55 Å². The van der Waals surface area contributed by atoms with Gasteiger partial charge in [-0.2, -0.15) is 9.13 Å². The van der Waals surface area contributed by atoms with E-state index in [1.807, 2.05) is 6.20 Å². The van der Waals surface area contributed by atoms with Crippen LogP contribution < -0.4 is 14.2 Å². The van der Waals surface area contributed by atoms with Gasteiger partial charge in [0.1, 0.15) is 28.7 Å². The fourth-order valence-electron chi connectivity index (χ4n) is 8.71. The molecule has 0 fully saturated rings. The van der Waals surface area contributed by atoms with Crippen LogP contribution in [0.2, 0.25) is 0 Å². The van der Waals surface area contributed by atoms with Crippen LogP contribution in [-0.4, -0.2) is 16.1 Å². The molecular formula is C55H47N4O+. The number of nitrogens with zero attached hydrogens (tertiary/aromatic N) is 4. The van der Waals surface area contributed by atoms with Crippen LogP contribution in [0.1, 0.15) is 38.3 Å². The van der Waals surface area contributed by atoms with Gasteiger partial charge in [-0.05, 0) is 94.1 Å². The molecule has 0 N–H and O–H groups in total. The summed E-state index contributed by atoms with van der Waals surface area (Å²) < 4.78 is 11.5. The second-order valence-electron chi connectivity index (χ2n) is 16.6. The van der Waals surface area contributed by atoms with E-state index in [4.69, 9.17) is 9.72 Å². The minimum Gasteiger partial charge on any atom is -0.457 e. The van der Waals surface area contributed by atoms with Crippen LogP contribution >= 0.6 is 0 Å². The summed E-state index contributed by atoms with van der Waals surface area (Å²) >= 11 is 0. The molecule has 0 saturated heterocycles. The molecular weight excluding hydrogens is 733 g/mol. The molecule has 0 atom stereocenters. The first-order chi connectivity index (χ1) is 29.4. The van der Waals surface area contributed by atoms with Gasteiger partial charge in [-0.25, -0.2) is 4.98 Å². The molecule has 9 aromatic rings. The molecule has 0 saturated carbocycles. The molecule has 1 aliphatic rings. The Bertz CT molecular complexity index is 2910. The zero-order chi connectivity index (χ0) is 40.6. The Morgan fingerprint density at radius 2 is 1.22 bits per heavy atom. The second-order valence-corrected chi connectivity index (χ2v) is 16.6. The lowest BCUT2D eigenvalue weighted by molar-refractivity contribution is -0.566. The van der Waals surface area contributed by atoms with Gasteiger partial charge in [-0.15, -0.1) is 0 Å². The van der Waals surface area contributed by atoms with E-state index in [0.29, 0.717) is 0 Å². The highest BCUT2D eigenvalue weighted by Gasteiger charge is 2.27. The number of fused-ring (bicyclic) bond motifs is 2. The van der Waals surface area contributed by atoms with Gasteiger partial charge >= 0.3 is 0 Å². The van der Waals surface area contributed by atoms with E-state index in [2.05, 4.69) is 223 Å². The van der Waals surface area contributed by atoms with Crippen LogP contribution in [0, 0.1) is 0 Å². The lowest BCUT2D eigenvalue weighted by Crippen LogP contribution is -2.30. The summed E-state index contributed by atoms with van der Waals surface area (Å²) in [5, 5.41) is 0. The second kappa shape index (κ2) is 15.5. The van der Waals surface area contributed by atoms with Crippen LogP contribution in [0.5, 0.6) is 11.5 Å². The molecule has 0 unspecified atom stereocenters. The SMILES string of the molecule is CC(C)(C)c1ccnc(N2CCCc3c(-c4ccccc4)cc(Oc4cccc(-n5c[n+](-c6c(-c7ccccc7)cccc6-c6ccccc6)c6ccccc65)c4)cc32)c1. The van der Waals surface area contributed by atoms with E-state index in [-0.39, 0.29) is 5.41 Å². The average molecular weight is 780 g/mol. The van der Waals surface area contributed by atoms with Crippen LogP contribution in [0.25, 0.3) is 55.8 Å². The fraction of sp³-hybridized carbons (Fsp3) is 0.127. The summed E-state index contributed by atoms with van der Waals surface area (Å²) in [4.78, 5) is 7.29. The highest BCUT2D eigenvalue weighted by atomic mass is 16.5. The van der Waals surface area contributed by atoms with Crippen LogP contribution in [0.4, 0.5) is 11.5 Å². The summed E-state index contributed by atoms with van der Waals surface area (Å²) in [6.07, 6.45) is 6.21. The summed E-state index contributed by atoms with van der Waals surface area (Å²) in [5.41, 5.74) is 15.1. The zero-order valence-corrected chi connectivity index (χ0v) is 34.3. The minimum atomic E-state index is 0.0151. The van der Waals surface area contributed by atoms with Crippen LogP contribution in [0.15, 0.2) is 195 Å². The molecule has 2 aromatic heterocycles. The van der Waals surface area contributed by atoms with Crippen molar-refractivity contribution in [2.75, 3.05) is 11.4 Å². The number of rotatable bonds is 8. The molecule has 0 spiro atoms. The quantitative estimate of drug-likeness (QED) is 0.144. The number of ether oxygens (including phenoxy) is 1. The van der Waals surface area contributed by atoms with Gasteiger partial charge in [0.15, 0.2) is 11.0 Å². The van der Waals surface area contributed by atoms with Crippen molar-refractivity contribution < 1.29 is 9.30 Å². The van der Waals surface area contributed by atoms with Crippen molar-refractivity contribution in [3.63, 3.8) is 0 Å². The van der Waals surface area contributed by atoms with Crippen LogP contribution in [-0.2, 0) is 11.8 Å². The van der Waals surface area contributed by atoms with Gasteiger partial charge < -0.3 is 9.64 Å². The van der Waals surface area contributed by atoms with E-state index < -0.39 is 0 Å². The standard InChI is InChI=1S/C55H47N4O/c1-55(2,3)42-31-32-56-53(34-42)57-33-17-28-48-49(41-22-11-6-12-23-41)36-45(37-52(48)57)60-44-25-15-24-43(35-44)58-38-59(51-30-14-13-29-50(51)58)54-46(39-18-7-4-8-19-39)26-16-27-47(54)40-20-9-5-10-21-40/h4-16,18-27,29-32,34-38H,17,28,33H2,1-3H3/q+1. The van der Waals surface area contributed by atoms with E-state index in [1.165, 1.54) is 33.4 Å². The highest BCUT2D eigenvalue weighted by molar-refractivity contribution is 5.85. The molecule has 10 rings (SSSR count). The topological polar surface area (TPSA) is 34.2 Å². The maximum atomic E-state index is 6.92. The molecule has 3 heterocycles. The molecule has 7 aromatic carbocycles. The number of para-hydroxylation sites is 3. The van der Waals surface area contributed by atoms with Crippen molar-refractivity contribution in [2.45, 2.75) is 39.0 Å². The van der Waals surface area contributed by atoms with Crippen molar-refractivity contribution >= 4 is 22.5 Å². The molecule has 5 heteroatoms. The summed E-state index contributed by atoms with van der Waals surface area (Å²) in [5.74, 6) is 2.53. The summed E-state index contributed by atoms with van der Waals surface area (Å²) in [7, 11) is 0. The molecule has 60 heavy (non-hydrogen) atoms. The minimum absolute atomic E-state index is 0.0151. The third kappa shape index (κ3) is 7.02. The number of anilines is 2. The Morgan fingerprint density at radius 1 is 0.583 bits per heavy atom. The van der Waals surface area contributed by atoms with E-state index in [0.717, 1.165) is 75.9 Å². The first-order valence-corrected chi connectivity index (χ1v) is 20.9. The Kier molecular flexibility index (Phi) is 9.57. The van der Waals surface area contributed by atoms with E-state index in [1.54, 1.807) is 0 Å². The maximum Gasteiger partial charge on any atom is 0.255 e. The molecule has 0 aliphatic carbocycles. The Labute approximate surface area is 352 Å². The molecule has 0 bridgehead atoms. The number of benzene rings is 7. The van der Waals surface area contributed by atoms with Crippen molar-refractivity contribution in [3.05, 3.63) is 206 Å². The molecule has 1 aliphatic heterocycles. The van der Waals surface area contributed by atoms with Gasteiger partial charge in [0.25, 0.3) is 6.33 Å². The third-order valence-electron chi connectivity index (χ3n) is 11.7. The van der Waals surface area contributed by atoms with Crippen molar-refractivity contribution in [2.24, 2.45) is 0 Å². The number of pyridine rings is 1. The monoisotopic (exact) mass is 779 g/mol. The van der Waals surface area contributed by atoms with Gasteiger partial charge in [-0.1, -0.05) is 148 Å². The molecule has 0 amide bonds. The lowest BCUT2D eigenvalue weighted by atomic mass is 9.87. The van der Waals surface area contributed by atoms with Gasteiger partial charge in [0.2, 0.25) is 0 Å². The average Bonchev–Trinajstić information content (AvgIpc) is 3.68. The smallest absolute Gasteiger partial charge is 0.255 e. The zero-order valence-electron chi connectivity index (χ0n) is 34.3. The van der Waals surface area contributed by atoms with Crippen molar-refractivity contribution in [3.8, 4) is 56.3 Å². The maximum absolute atomic E-state index is 6.92. The summed E-state index contributed by atoms with van der Waals surface area (Å²) in [6.45, 7) is 7.66. The molecule has 292 valence electrons. The van der Waals surface area contributed by atoms with Gasteiger partial charge in [0.05, 0.1) is 0 Å². The Morgan fingerprint density at radius 3 is 1.90 bits per heavy atom. The largest absolute Gasteiger partial charge is 0.457 e. The number of hydrogen-bond acceptors (Lipinski definition) is 3. The van der Waals surface area contributed by atoms with Crippen LogP contribution in [0.3, 0.4) is 0 Å². The number of imidazole rings is 1. The Balaban J connectivity index is 1.09. The number of aromatic nitrogens is 3. The Hall–Kier alpha value is -7.24. The fourth-order valence-corrected chi connectivity index (χ4v) is 8.71. The predicted octanol–water partition coefficient (Wildman–Crippen LogP) is 13.5. The predicted molar refractivity (Wildman–Crippen MR) is 246 cm³/mol. The molecule has 0 radical (unpaired) electrons. The van der Waals surface area contributed by atoms with E-state index in [9.17, 15) is 0 Å². The molecule has 5 nitrogen and oxygen atoms in total. The van der Waals surface area contributed by atoms with Gasteiger partial charge in [-0.3, -0.25) is 0 Å². The normalized spacial score (nSPS) is 12.7.